The zero-order valence-corrected chi connectivity index (χ0v) is 15.8. The lowest BCUT2D eigenvalue weighted by molar-refractivity contribution is -0.148. The monoisotopic (exact) mass is 380 g/mol. The first-order chi connectivity index (χ1) is 13.5. The highest BCUT2D eigenvalue weighted by Crippen LogP contribution is 2.25. The van der Waals surface area contributed by atoms with Gasteiger partial charge in [0, 0.05) is 23.4 Å². The summed E-state index contributed by atoms with van der Waals surface area (Å²) < 4.78 is 15.5. The molecule has 0 aromatic heterocycles. The van der Waals surface area contributed by atoms with Crippen molar-refractivity contribution in [3.63, 3.8) is 0 Å². The zero-order chi connectivity index (χ0) is 20.5. The van der Waals surface area contributed by atoms with Crippen molar-refractivity contribution in [2.45, 2.75) is 13.0 Å². The summed E-state index contributed by atoms with van der Waals surface area (Å²) in [5, 5.41) is 11.4. The first kappa shape index (κ1) is 20.5. The van der Waals surface area contributed by atoms with Crippen LogP contribution in [0.15, 0.2) is 48.5 Å². The van der Waals surface area contributed by atoms with Gasteiger partial charge < -0.3 is 19.5 Å². The fourth-order valence-electron chi connectivity index (χ4n) is 2.25. The molecule has 0 aliphatic rings. The zero-order valence-electron chi connectivity index (χ0n) is 15.8. The molecule has 0 saturated heterocycles. The molecule has 2 aromatic rings. The molecule has 0 bridgehead atoms. The molecule has 7 heteroatoms. The van der Waals surface area contributed by atoms with E-state index in [-0.39, 0.29) is 0 Å². The number of esters is 1. The first-order valence-electron chi connectivity index (χ1n) is 8.38. The Balaban J connectivity index is 1.95. The van der Waals surface area contributed by atoms with Gasteiger partial charge >= 0.3 is 5.97 Å². The molecule has 2 rings (SSSR count). The number of benzene rings is 2. The fourth-order valence-corrected chi connectivity index (χ4v) is 2.25. The minimum absolute atomic E-state index is 0.478. The average Bonchev–Trinajstić information content (AvgIpc) is 2.72. The summed E-state index contributed by atoms with van der Waals surface area (Å²) >= 11 is 0. The lowest BCUT2D eigenvalue weighted by Crippen LogP contribution is -2.29. The Hall–Kier alpha value is -3.79. The Kier molecular flexibility index (Phi) is 7.17. The number of methoxy groups -OCH3 is 2. The third-order valence-corrected chi connectivity index (χ3v) is 3.78. The molecule has 0 heterocycles. The maximum atomic E-state index is 12.1. The molecule has 7 nitrogen and oxygen atoms in total. The largest absolute Gasteiger partial charge is 0.497 e. The molecule has 0 spiro atoms. The topological polar surface area (TPSA) is 97.6 Å². The number of nitrogens with zero attached hydrogens (tertiary/aromatic N) is 1. The van der Waals surface area contributed by atoms with E-state index in [1.807, 2.05) is 6.07 Å². The Bertz CT molecular complexity index is 913. The van der Waals surface area contributed by atoms with E-state index in [9.17, 15) is 9.59 Å². The Labute approximate surface area is 163 Å². The molecule has 1 atom stereocenters. The van der Waals surface area contributed by atoms with Crippen molar-refractivity contribution in [3.05, 3.63) is 59.7 Å². The molecule has 2 aromatic carbocycles. The Morgan fingerprint density at radius 3 is 2.43 bits per heavy atom. The number of nitriles is 1. The molecular formula is C21H20N2O5. The van der Waals surface area contributed by atoms with Gasteiger partial charge in [0.1, 0.15) is 11.5 Å². The van der Waals surface area contributed by atoms with Crippen molar-refractivity contribution in [2.24, 2.45) is 0 Å². The van der Waals surface area contributed by atoms with Crippen LogP contribution in [0.5, 0.6) is 11.5 Å². The number of rotatable bonds is 7. The van der Waals surface area contributed by atoms with E-state index in [0.29, 0.717) is 28.3 Å². The Morgan fingerprint density at radius 1 is 1.11 bits per heavy atom. The van der Waals surface area contributed by atoms with Crippen LogP contribution >= 0.6 is 0 Å². The van der Waals surface area contributed by atoms with Gasteiger partial charge in [-0.05, 0) is 49.4 Å². The van der Waals surface area contributed by atoms with Crippen LogP contribution in [-0.4, -0.2) is 32.2 Å². The number of hydrogen-bond donors (Lipinski definition) is 1. The number of anilines is 1. The number of ether oxygens (including phenoxy) is 3. The van der Waals surface area contributed by atoms with E-state index in [2.05, 4.69) is 5.32 Å². The number of carbonyl (C=O) groups excluding carboxylic acids is 2. The highest BCUT2D eigenvalue weighted by atomic mass is 16.5. The molecule has 0 saturated carbocycles. The third kappa shape index (κ3) is 5.61. The van der Waals surface area contributed by atoms with Crippen LogP contribution in [0, 0.1) is 11.3 Å². The van der Waals surface area contributed by atoms with Gasteiger partial charge in [0.25, 0.3) is 5.91 Å². The number of amides is 1. The van der Waals surface area contributed by atoms with Crippen molar-refractivity contribution in [1.29, 1.82) is 5.26 Å². The van der Waals surface area contributed by atoms with E-state index in [0.717, 1.165) is 0 Å². The summed E-state index contributed by atoms with van der Waals surface area (Å²) in [5.74, 6) is 0.0218. The summed E-state index contributed by atoms with van der Waals surface area (Å²) in [6.07, 6.45) is 1.76. The second kappa shape index (κ2) is 9.78. The first-order valence-corrected chi connectivity index (χ1v) is 8.38. The van der Waals surface area contributed by atoms with Gasteiger partial charge in [0.2, 0.25) is 0 Å². The van der Waals surface area contributed by atoms with Crippen molar-refractivity contribution in [1.82, 2.24) is 0 Å². The highest BCUT2D eigenvalue weighted by molar-refractivity contribution is 5.96. The molecule has 0 radical (unpaired) electrons. The van der Waals surface area contributed by atoms with Gasteiger partial charge in [-0.1, -0.05) is 0 Å². The number of nitrogens with one attached hydrogen (secondary N) is 1. The van der Waals surface area contributed by atoms with E-state index in [1.165, 1.54) is 26.2 Å². The van der Waals surface area contributed by atoms with Gasteiger partial charge in [-0.3, -0.25) is 4.79 Å². The summed E-state index contributed by atoms with van der Waals surface area (Å²) in [6, 6.07) is 13.5. The molecule has 1 amide bonds. The minimum Gasteiger partial charge on any atom is -0.497 e. The van der Waals surface area contributed by atoms with Gasteiger partial charge in [0.15, 0.2) is 6.10 Å². The van der Waals surface area contributed by atoms with E-state index < -0.39 is 18.0 Å². The summed E-state index contributed by atoms with van der Waals surface area (Å²) in [6.45, 7) is 1.47. The highest BCUT2D eigenvalue weighted by Gasteiger charge is 2.16. The summed E-state index contributed by atoms with van der Waals surface area (Å²) in [4.78, 5) is 24.1. The molecule has 0 aliphatic heterocycles. The second-order valence-electron chi connectivity index (χ2n) is 5.70. The molecule has 0 unspecified atom stereocenters. The average molecular weight is 380 g/mol. The van der Waals surface area contributed by atoms with Gasteiger partial charge in [-0.2, -0.15) is 5.26 Å². The predicted octanol–water partition coefficient (Wildman–Crippen LogP) is 3.16. The quantitative estimate of drug-likeness (QED) is 0.585. The molecule has 0 aliphatic carbocycles. The summed E-state index contributed by atoms with van der Waals surface area (Å²) in [7, 11) is 3.06. The SMILES string of the molecule is COc1ccc(/C=C/C(=O)O[C@@H](C)C(=O)Nc2ccc(C#N)cc2)c(OC)c1. The van der Waals surface area contributed by atoms with Gasteiger partial charge in [0.05, 0.1) is 25.9 Å². The van der Waals surface area contributed by atoms with Crippen LogP contribution < -0.4 is 14.8 Å². The fraction of sp³-hybridized carbons (Fsp3) is 0.190. The van der Waals surface area contributed by atoms with E-state index in [4.69, 9.17) is 19.5 Å². The third-order valence-electron chi connectivity index (χ3n) is 3.78. The smallest absolute Gasteiger partial charge is 0.331 e. The van der Waals surface area contributed by atoms with Crippen LogP contribution in [0.1, 0.15) is 18.1 Å². The normalized spacial score (nSPS) is 11.4. The second-order valence-corrected chi connectivity index (χ2v) is 5.70. The molecule has 144 valence electrons. The lowest BCUT2D eigenvalue weighted by atomic mass is 10.1. The van der Waals surface area contributed by atoms with Crippen LogP contribution in [0.25, 0.3) is 6.08 Å². The minimum atomic E-state index is -0.995. The van der Waals surface area contributed by atoms with Crippen LogP contribution in [-0.2, 0) is 14.3 Å². The van der Waals surface area contributed by atoms with Crippen LogP contribution in [0.3, 0.4) is 0 Å². The number of carbonyl (C=O) groups is 2. The van der Waals surface area contributed by atoms with Crippen LogP contribution in [0.4, 0.5) is 5.69 Å². The van der Waals surface area contributed by atoms with Crippen molar-refractivity contribution >= 4 is 23.6 Å². The Morgan fingerprint density at radius 2 is 1.82 bits per heavy atom. The lowest BCUT2D eigenvalue weighted by Gasteiger charge is -2.12. The summed E-state index contributed by atoms with van der Waals surface area (Å²) in [5.41, 5.74) is 1.65. The van der Waals surface area contributed by atoms with Crippen molar-refractivity contribution < 1.29 is 23.8 Å². The van der Waals surface area contributed by atoms with Crippen molar-refractivity contribution in [2.75, 3.05) is 19.5 Å². The van der Waals surface area contributed by atoms with E-state index >= 15 is 0 Å². The maximum Gasteiger partial charge on any atom is 0.331 e. The molecular weight excluding hydrogens is 360 g/mol. The van der Waals surface area contributed by atoms with Gasteiger partial charge in [-0.25, -0.2) is 4.79 Å². The van der Waals surface area contributed by atoms with Gasteiger partial charge in [-0.15, -0.1) is 0 Å². The van der Waals surface area contributed by atoms with Crippen LogP contribution in [0.2, 0.25) is 0 Å². The number of hydrogen-bond acceptors (Lipinski definition) is 6. The molecule has 1 N–H and O–H groups in total. The molecule has 0 fully saturated rings. The standard InChI is InChI=1S/C21H20N2O5/c1-14(21(25)23-17-8-4-15(13-22)5-9-17)28-20(24)11-7-16-6-10-18(26-2)12-19(16)27-3/h4-12,14H,1-3H3,(H,23,25)/b11-7+/t14-/m0/s1. The maximum absolute atomic E-state index is 12.1. The van der Waals surface area contributed by atoms with Crippen molar-refractivity contribution in [3.8, 4) is 17.6 Å². The van der Waals surface area contributed by atoms with E-state index in [1.54, 1.807) is 49.6 Å². The predicted molar refractivity (Wildman–Crippen MR) is 104 cm³/mol. The molecule has 28 heavy (non-hydrogen) atoms.